The minimum absolute atomic E-state index is 0.0454. The summed E-state index contributed by atoms with van der Waals surface area (Å²) < 4.78 is 133. The zero-order chi connectivity index (χ0) is 34.5. The van der Waals surface area contributed by atoms with E-state index >= 15 is 4.39 Å². The molecular formula is C33H45F10NO2. The lowest BCUT2D eigenvalue weighted by molar-refractivity contribution is -0.396. The quantitative estimate of drug-likeness (QED) is 0.162. The fourth-order valence-corrected chi connectivity index (χ4v) is 8.65. The van der Waals surface area contributed by atoms with Crippen LogP contribution in [0.4, 0.5) is 43.9 Å². The molecule has 2 saturated carbocycles. The molecule has 0 aromatic heterocycles. The SMILES string of the molecule is CN(CCCCCC1Cc2cc(O)ccc2C2C(F)CC3(C)C(CCC3(C)O)C12)CCCCC(F)(F)C(F)(F)C(F)(F)C(F)(F)F. The number of hydrogen-bond donors (Lipinski definition) is 2. The molecule has 7 unspecified atom stereocenters. The Balaban J connectivity index is 1.27. The minimum Gasteiger partial charge on any atom is -0.508 e. The summed E-state index contributed by atoms with van der Waals surface area (Å²) in [4.78, 5) is 1.76. The van der Waals surface area contributed by atoms with E-state index in [0.717, 1.165) is 36.8 Å². The van der Waals surface area contributed by atoms with Crippen LogP contribution < -0.4 is 0 Å². The number of fused-ring (bicyclic) bond motifs is 5. The van der Waals surface area contributed by atoms with Gasteiger partial charge in [0.25, 0.3) is 0 Å². The van der Waals surface area contributed by atoms with Crippen LogP contribution in [0.1, 0.15) is 95.1 Å². The number of rotatable bonds is 13. The summed E-state index contributed by atoms with van der Waals surface area (Å²) in [6, 6.07) is 5.16. The van der Waals surface area contributed by atoms with Crippen LogP contribution in [0.15, 0.2) is 18.2 Å². The Bertz CT molecular complexity index is 1210. The zero-order valence-electron chi connectivity index (χ0n) is 26.4. The third kappa shape index (κ3) is 6.61. The molecule has 264 valence electrons. The number of phenols is 1. The zero-order valence-corrected chi connectivity index (χ0v) is 26.4. The van der Waals surface area contributed by atoms with Gasteiger partial charge in [0, 0.05) is 17.8 Å². The molecule has 13 heteroatoms. The molecule has 1 aromatic carbocycles. The van der Waals surface area contributed by atoms with E-state index in [1.807, 2.05) is 19.9 Å². The third-order valence-electron chi connectivity index (χ3n) is 11.5. The smallest absolute Gasteiger partial charge is 0.460 e. The van der Waals surface area contributed by atoms with Crippen LogP contribution in [0.5, 0.6) is 5.75 Å². The lowest BCUT2D eigenvalue weighted by Crippen LogP contribution is -2.60. The molecule has 0 aliphatic heterocycles. The number of nitrogens with zero attached hydrogens (tertiary/aromatic N) is 1. The highest BCUT2D eigenvalue weighted by atomic mass is 19.4. The Morgan fingerprint density at radius 2 is 1.52 bits per heavy atom. The highest BCUT2D eigenvalue weighted by molar-refractivity contribution is 5.41. The minimum atomic E-state index is -6.86. The Hall–Kier alpha value is -1.76. The van der Waals surface area contributed by atoms with Gasteiger partial charge in [0.2, 0.25) is 0 Å². The average Bonchev–Trinajstić information content (AvgIpc) is 3.17. The molecule has 2 N–H and O–H groups in total. The van der Waals surface area contributed by atoms with Crippen LogP contribution in [-0.2, 0) is 6.42 Å². The second-order valence-corrected chi connectivity index (χ2v) is 14.5. The molecule has 3 aliphatic rings. The number of alkyl halides is 10. The predicted octanol–water partition coefficient (Wildman–Crippen LogP) is 9.30. The van der Waals surface area contributed by atoms with Crippen molar-refractivity contribution < 1.29 is 54.1 Å². The van der Waals surface area contributed by atoms with Crippen molar-refractivity contribution >= 4 is 0 Å². The Morgan fingerprint density at radius 3 is 2.15 bits per heavy atom. The molecule has 1 aromatic rings. The first-order valence-corrected chi connectivity index (χ1v) is 16.1. The van der Waals surface area contributed by atoms with E-state index < -0.39 is 54.0 Å². The molecule has 7 atom stereocenters. The van der Waals surface area contributed by atoms with Gasteiger partial charge in [-0.2, -0.15) is 39.5 Å². The van der Waals surface area contributed by atoms with Gasteiger partial charge in [-0.15, -0.1) is 0 Å². The van der Waals surface area contributed by atoms with Crippen LogP contribution >= 0.6 is 0 Å². The molecule has 3 aliphatic carbocycles. The number of phenolic OH excluding ortho intramolecular Hbond substituents is 1. The van der Waals surface area contributed by atoms with Gasteiger partial charge in [-0.25, -0.2) is 4.39 Å². The van der Waals surface area contributed by atoms with Crippen molar-refractivity contribution in [3.63, 3.8) is 0 Å². The van der Waals surface area contributed by atoms with Gasteiger partial charge in [-0.05, 0) is 119 Å². The number of aromatic hydroxyl groups is 1. The van der Waals surface area contributed by atoms with Crippen molar-refractivity contribution in [1.82, 2.24) is 4.90 Å². The van der Waals surface area contributed by atoms with E-state index in [1.54, 1.807) is 24.1 Å². The Kier molecular flexibility index (Phi) is 10.4. The highest BCUT2D eigenvalue weighted by Crippen LogP contribution is 2.66. The van der Waals surface area contributed by atoms with Crippen molar-refractivity contribution in [3.05, 3.63) is 29.3 Å². The van der Waals surface area contributed by atoms with Gasteiger partial charge in [-0.1, -0.05) is 25.8 Å². The molecule has 4 rings (SSSR count). The van der Waals surface area contributed by atoms with E-state index in [2.05, 4.69) is 0 Å². The molecule has 0 amide bonds. The van der Waals surface area contributed by atoms with Crippen molar-refractivity contribution in [2.24, 2.45) is 23.2 Å². The summed E-state index contributed by atoms with van der Waals surface area (Å²) in [5, 5.41) is 21.4. The van der Waals surface area contributed by atoms with Crippen LogP contribution in [0, 0.1) is 23.2 Å². The largest absolute Gasteiger partial charge is 0.508 e. The fourth-order valence-electron chi connectivity index (χ4n) is 8.65. The van der Waals surface area contributed by atoms with Gasteiger partial charge in [0.1, 0.15) is 11.9 Å². The van der Waals surface area contributed by atoms with Crippen LogP contribution in [0.25, 0.3) is 0 Å². The highest BCUT2D eigenvalue weighted by Gasteiger charge is 2.81. The Labute approximate surface area is 263 Å². The van der Waals surface area contributed by atoms with E-state index in [4.69, 9.17) is 0 Å². The van der Waals surface area contributed by atoms with Gasteiger partial charge >= 0.3 is 23.9 Å². The van der Waals surface area contributed by atoms with Crippen LogP contribution in [0.2, 0.25) is 0 Å². The standard InChI is InChI=1S/C33H45F10NO2/c1-28-19-25(34)27-23-11-10-22(45)18-21(23)17-20(26(27)24(28)12-14-29(28,2)46)9-5-4-7-15-44(3)16-8-6-13-30(35,36)31(37,38)32(39,40)33(41,42)43/h10-11,18,20,24-27,45-46H,4-9,12-17,19H2,1-3H3. The molecule has 0 bridgehead atoms. The first-order chi connectivity index (χ1) is 21.1. The summed E-state index contributed by atoms with van der Waals surface area (Å²) in [5.41, 5.74) is 0.398. The number of hydrogen-bond acceptors (Lipinski definition) is 3. The second-order valence-electron chi connectivity index (χ2n) is 14.5. The molecule has 0 radical (unpaired) electrons. The second kappa shape index (κ2) is 12.9. The third-order valence-corrected chi connectivity index (χ3v) is 11.5. The number of unbranched alkanes of at least 4 members (excludes halogenated alkanes) is 3. The van der Waals surface area contributed by atoms with Gasteiger partial charge in [0.05, 0.1) is 5.60 Å². The van der Waals surface area contributed by atoms with Crippen molar-refractivity contribution in [1.29, 1.82) is 0 Å². The topological polar surface area (TPSA) is 43.7 Å². The van der Waals surface area contributed by atoms with E-state index in [9.17, 15) is 49.7 Å². The van der Waals surface area contributed by atoms with Crippen LogP contribution in [-0.4, -0.2) is 71.0 Å². The van der Waals surface area contributed by atoms with Crippen molar-refractivity contribution in [3.8, 4) is 5.75 Å². The fraction of sp³-hybridized carbons (Fsp3) is 0.818. The first-order valence-electron chi connectivity index (χ1n) is 16.1. The van der Waals surface area contributed by atoms with Crippen molar-refractivity contribution in [2.45, 2.75) is 126 Å². The Morgan fingerprint density at radius 1 is 0.891 bits per heavy atom. The molecule has 0 heterocycles. The number of benzene rings is 1. The maximum absolute atomic E-state index is 16.0. The molecule has 0 spiro atoms. The van der Waals surface area contributed by atoms with Gasteiger partial charge in [0.15, 0.2) is 0 Å². The lowest BCUT2D eigenvalue weighted by atomic mass is 9.50. The van der Waals surface area contributed by atoms with Gasteiger partial charge in [-0.3, -0.25) is 0 Å². The molecular weight excluding hydrogens is 632 g/mol. The summed E-state index contributed by atoms with van der Waals surface area (Å²) in [5.74, 6) is -18.8. The molecule has 46 heavy (non-hydrogen) atoms. The van der Waals surface area contributed by atoms with Gasteiger partial charge < -0.3 is 15.1 Å². The molecule has 2 fully saturated rings. The maximum Gasteiger partial charge on any atom is 0.460 e. The van der Waals surface area contributed by atoms with E-state index in [1.165, 1.54) is 0 Å². The number of aliphatic hydroxyl groups is 1. The molecule has 3 nitrogen and oxygen atoms in total. The van der Waals surface area contributed by atoms with E-state index in [-0.39, 0.29) is 48.8 Å². The maximum atomic E-state index is 16.0. The van der Waals surface area contributed by atoms with Crippen LogP contribution in [0.3, 0.4) is 0 Å². The normalized spacial score (nSPS) is 31.9. The summed E-state index contributed by atoms with van der Waals surface area (Å²) in [6.45, 7) is 4.52. The summed E-state index contributed by atoms with van der Waals surface area (Å²) >= 11 is 0. The first kappa shape index (κ1) is 37.1. The van der Waals surface area contributed by atoms with E-state index in [0.29, 0.717) is 25.8 Å². The monoisotopic (exact) mass is 677 g/mol. The summed E-state index contributed by atoms with van der Waals surface area (Å²) in [6.07, 6.45) is -4.94. The predicted molar refractivity (Wildman–Crippen MR) is 153 cm³/mol. The lowest BCUT2D eigenvalue weighted by Gasteiger charge is -2.56. The number of halogens is 10. The average molecular weight is 678 g/mol. The summed E-state index contributed by atoms with van der Waals surface area (Å²) in [7, 11) is 1.68. The van der Waals surface area contributed by atoms with Crippen molar-refractivity contribution in [2.75, 3.05) is 20.1 Å². The molecule has 0 saturated heterocycles.